The number of aliphatic imine (C=N–C) groups is 1. The van der Waals surface area contributed by atoms with Crippen LogP contribution in [0, 0.1) is 0 Å². The molecular weight excluding hydrogens is 318 g/mol. The third-order valence-corrected chi connectivity index (χ3v) is 4.49. The Morgan fingerprint density at radius 1 is 1.29 bits per heavy atom. The van der Waals surface area contributed by atoms with Crippen LogP contribution < -0.4 is 0 Å². The van der Waals surface area contributed by atoms with Crippen LogP contribution in [-0.2, 0) is 16.8 Å². The normalized spacial score (nSPS) is 20.3. The van der Waals surface area contributed by atoms with Gasteiger partial charge in [-0.1, -0.05) is 51.1 Å². The molecular formula is C19H23N3OS. The first-order valence-corrected chi connectivity index (χ1v) is 8.71. The second-order valence-electron chi connectivity index (χ2n) is 7.33. The van der Waals surface area contributed by atoms with Gasteiger partial charge in [0.25, 0.3) is 0 Å². The third-order valence-electron chi connectivity index (χ3n) is 4.40. The number of nitrogens with zero attached hydrogens (tertiary/aromatic N) is 3. The van der Waals surface area contributed by atoms with E-state index in [4.69, 9.17) is 17.0 Å². The van der Waals surface area contributed by atoms with Gasteiger partial charge in [0.05, 0.1) is 23.9 Å². The Hall–Kier alpha value is -1.81. The van der Waals surface area contributed by atoms with Gasteiger partial charge in [-0.15, -0.1) is 0 Å². The SMILES string of the molecule is CC(C)(C)c1cc(N=C=S)nn1[C@H]1C[C@H](OCc2ccccc2)C1. The van der Waals surface area contributed by atoms with E-state index < -0.39 is 0 Å². The van der Waals surface area contributed by atoms with E-state index in [1.165, 1.54) is 11.3 Å². The first-order chi connectivity index (χ1) is 11.5. The quantitative estimate of drug-likeness (QED) is 0.577. The standard InChI is InChI=1S/C19H23N3OS/c1-19(2,3)17-11-18(20-13-24)21-22(17)15-9-16(10-15)23-12-14-7-5-4-6-8-14/h4-8,11,15-16H,9-10,12H2,1-3H3/t15-,16-. The van der Waals surface area contributed by atoms with Gasteiger partial charge in [0.1, 0.15) is 0 Å². The van der Waals surface area contributed by atoms with E-state index in [-0.39, 0.29) is 5.41 Å². The number of thiocarbonyl (C=S) groups is 1. The molecule has 3 rings (SSSR count). The van der Waals surface area contributed by atoms with Crippen LogP contribution in [0.1, 0.15) is 50.9 Å². The summed E-state index contributed by atoms with van der Waals surface area (Å²) in [6.07, 6.45) is 2.26. The number of aromatic nitrogens is 2. The zero-order valence-electron chi connectivity index (χ0n) is 14.4. The zero-order chi connectivity index (χ0) is 17.2. The smallest absolute Gasteiger partial charge is 0.184 e. The lowest BCUT2D eigenvalue weighted by atomic mass is 9.86. The van der Waals surface area contributed by atoms with Gasteiger partial charge in [-0.3, -0.25) is 4.68 Å². The van der Waals surface area contributed by atoms with Gasteiger partial charge >= 0.3 is 0 Å². The molecule has 1 heterocycles. The van der Waals surface area contributed by atoms with Crippen LogP contribution in [0.3, 0.4) is 0 Å². The van der Waals surface area contributed by atoms with Crippen LogP contribution in [0.4, 0.5) is 5.82 Å². The predicted octanol–water partition coefficient (Wildman–Crippen LogP) is 4.84. The Balaban J connectivity index is 1.64. The highest BCUT2D eigenvalue weighted by Crippen LogP contribution is 2.39. The first kappa shape index (κ1) is 17.0. The minimum absolute atomic E-state index is 0.0121. The molecule has 2 aromatic rings. The highest BCUT2D eigenvalue weighted by Gasteiger charge is 2.35. The van der Waals surface area contributed by atoms with E-state index in [0.717, 1.165) is 12.8 Å². The monoisotopic (exact) mass is 341 g/mol. The summed E-state index contributed by atoms with van der Waals surface area (Å²) >= 11 is 4.70. The van der Waals surface area contributed by atoms with E-state index in [0.29, 0.717) is 24.6 Å². The number of benzene rings is 1. The largest absolute Gasteiger partial charge is 0.373 e. The second kappa shape index (κ2) is 6.98. The molecule has 4 nitrogen and oxygen atoms in total. The van der Waals surface area contributed by atoms with Crippen molar-refractivity contribution in [2.75, 3.05) is 0 Å². The Labute approximate surface area is 148 Å². The summed E-state index contributed by atoms with van der Waals surface area (Å²) in [6.45, 7) is 7.23. The number of isothiocyanates is 1. The Morgan fingerprint density at radius 3 is 2.62 bits per heavy atom. The van der Waals surface area contributed by atoms with Gasteiger partial charge in [-0.05, 0) is 30.6 Å². The summed E-state index contributed by atoms with van der Waals surface area (Å²) in [7, 11) is 0. The molecule has 0 radical (unpaired) electrons. The van der Waals surface area contributed by atoms with E-state index in [9.17, 15) is 0 Å². The molecule has 5 heteroatoms. The summed E-state index contributed by atoms with van der Waals surface area (Å²) in [6, 6.07) is 12.7. The minimum Gasteiger partial charge on any atom is -0.373 e. The number of hydrogen-bond donors (Lipinski definition) is 0. The van der Waals surface area contributed by atoms with Crippen LogP contribution in [-0.4, -0.2) is 21.0 Å². The van der Waals surface area contributed by atoms with Crippen molar-refractivity contribution < 1.29 is 4.74 Å². The Kier molecular flexibility index (Phi) is 4.95. The molecule has 24 heavy (non-hydrogen) atoms. The Morgan fingerprint density at radius 2 is 2.00 bits per heavy atom. The van der Waals surface area contributed by atoms with Gasteiger partial charge in [-0.2, -0.15) is 10.1 Å². The summed E-state index contributed by atoms with van der Waals surface area (Å²) in [4.78, 5) is 4.04. The summed E-state index contributed by atoms with van der Waals surface area (Å²) in [5, 5.41) is 7.01. The number of hydrogen-bond acceptors (Lipinski definition) is 4. The van der Waals surface area contributed by atoms with Crippen molar-refractivity contribution in [3.05, 3.63) is 47.7 Å². The molecule has 0 saturated heterocycles. The topological polar surface area (TPSA) is 39.4 Å². The van der Waals surface area contributed by atoms with Crippen molar-refractivity contribution in [1.29, 1.82) is 0 Å². The molecule has 0 amide bonds. The molecule has 1 aliphatic rings. The zero-order valence-corrected chi connectivity index (χ0v) is 15.2. The van der Waals surface area contributed by atoms with Crippen molar-refractivity contribution in [3.8, 4) is 0 Å². The highest BCUT2D eigenvalue weighted by atomic mass is 32.1. The van der Waals surface area contributed by atoms with Crippen molar-refractivity contribution >= 4 is 23.2 Å². The molecule has 1 aromatic heterocycles. The summed E-state index contributed by atoms with van der Waals surface area (Å²) < 4.78 is 8.11. The predicted molar refractivity (Wildman–Crippen MR) is 98.9 cm³/mol. The van der Waals surface area contributed by atoms with Gasteiger partial charge < -0.3 is 4.74 Å². The van der Waals surface area contributed by atoms with Crippen LogP contribution >= 0.6 is 12.2 Å². The van der Waals surface area contributed by atoms with E-state index >= 15 is 0 Å². The highest BCUT2D eigenvalue weighted by molar-refractivity contribution is 7.78. The van der Waals surface area contributed by atoms with Crippen molar-refractivity contribution in [2.24, 2.45) is 4.99 Å². The average Bonchev–Trinajstić information content (AvgIpc) is 2.91. The first-order valence-electron chi connectivity index (χ1n) is 8.31. The molecule has 0 bridgehead atoms. The maximum atomic E-state index is 6.00. The average molecular weight is 341 g/mol. The lowest BCUT2D eigenvalue weighted by molar-refractivity contribution is -0.0394. The van der Waals surface area contributed by atoms with Crippen molar-refractivity contribution in [1.82, 2.24) is 9.78 Å². The Bertz CT molecular complexity index is 736. The lowest BCUT2D eigenvalue weighted by Gasteiger charge is -2.37. The third kappa shape index (κ3) is 3.81. The molecule has 0 atom stereocenters. The summed E-state index contributed by atoms with van der Waals surface area (Å²) in [5.74, 6) is 0.642. The van der Waals surface area contributed by atoms with Crippen LogP contribution in [0.25, 0.3) is 0 Å². The molecule has 126 valence electrons. The van der Waals surface area contributed by atoms with Gasteiger partial charge in [0.2, 0.25) is 0 Å². The molecule has 0 unspecified atom stereocenters. The fraction of sp³-hybridized carbons (Fsp3) is 0.474. The molecule has 1 saturated carbocycles. The molecule has 1 fully saturated rings. The molecule has 1 aliphatic carbocycles. The number of ether oxygens (including phenoxy) is 1. The van der Waals surface area contributed by atoms with Crippen LogP contribution in [0.15, 0.2) is 41.4 Å². The lowest BCUT2D eigenvalue weighted by Crippen LogP contribution is -2.36. The van der Waals surface area contributed by atoms with Gasteiger partial charge in [-0.25, -0.2) is 0 Å². The van der Waals surface area contributed by atoms with E-state index in [1.54, 1.807) is 0 Å². The van der Waals surface area contributed by atoms with E-state index in [2.05, 4.69) is 52.8 Å². The minimum atomic E-state index is 0.0121. The molecule has 1 aromatic carbocycles. The van der Waals surface area contributed by atoms with E-state index in [1.807, 2.05) is 24.3 Å². The fourth-order valence-corrected chi connectivity index (χ4v) is 3.08. The maximum absolute atomic E-state index is 6.00. The van der Waals surface area contributed by atoms with Crippen molar-refractivity contribution in [3.63, 3.8) is 0 Å². The van der Waals surface area contributed by atoms with Gasteiger partial charge in [0, 0.05) is 17.2 Å². The fourth-order valence-electron chi connectivity index (χ4n) is 2.98. The maximum Gasteiger partial charge on any atom is 0.184 e. The second-order valence-corrected chi connectivity index (χ2v) is 7.51. The van der Waals surface area contributed by atoms with Crippen LogP contribution in [0.2, 0.25) is 0 Å². The van der Waals surface area contributed by atoms with Gasteiger partial charge in [0.15, 0.2) is 5.82 Å². The van der Waals surface area contributed by atoms with Crippen molar-refractivity contribution in [2.45, 2.75) is 57.8 Å². The number of rotatable bonds is 5. The molecule has 0 N–H and O–H groups in total. The summed E-state index contributed by atoms with van der Waals surface area (Å²) in [5.41, 5.74) is 2.41. The molecule has 0 spiro atoms. The molecule has 0 aliphatic heterocycles. The van der Waals surface area contributed by atoms with Crippen LogP contribution in [0.5, 0.6) is 0 Å².